The van der Waals surface area contributed by atoms with Crippen molar-refractivity contribution in [2.75, 3.05) is 5.43 Å². The van der Waals surface area contributed by atoms with E-state index in [0.29, 0.717) is 18.1 Å². The standard InChI is InChI=1S/C16H28N4.ClHO4/c1-12(2)17-16(18-13(3)4)20(14(5)6)19-15-10-8-7-9-11-15;2-1(3,4)5/h7-14,19H,1-6H3,(H,17,18);(H,2,3,4,5). The molecule has 0 aromatic heterocycles. The molecule has 0 amide bonds. The van der Waals surface area contributed by atoms with Gasteiger partial charge in [0.25, 0.3) is 0 Å². The summed E-state index contributed by atoms with van der Waals surface area (Å²) in [6, 6.07) is 11.3. The van der Waals surface area contributed by atoms with Crippen molar-refractivity contribution in [2.24, 2.45) is 0 Å². The predicted molar refractivity (Wildman–Crippen MR) is 87.0 cm³/mol. The van der Waals surface area contributed by atoms with E-state index in [1.54, 1.807) is 0 Å². The van der Waals surface area contributed by atoms with Gasteiger partial charge >= 0.3 is 5.96 Å². The van der Waals surface area contributed by atoms with Crippen LogP contribution in [0.3, 0.4) is 0 Å². The van der Waals surface area contributed by atoms with Crippen molar-refractivity contribution in [3.05, 3.63) is 30.3 Å². The van der Waals surface area contributed by atoms with Crippen LogP contribution in [0.25, 0.3) is 0 Å². The molecule has 25 heavy (non-hydrogen) atoms. The zero-order chi connectivity index (χ0) is 19.6. The van der Waals surface area contributed by atoms with Crippen molar-refractivity contribution in [1.29, 1.82) is 0 Å². The maximum absolute atomic E-state index is 8.49. The predicted octanol–water partition coefficient (Wildman–Crippen LogP) is -1.97. The number of rotatable bonds is 5. The van der Waals surface area contributed by atoms with Gasteiger partial charge in [0.2, 0.25) is 0 Å². The second kappa shape index (κ2) is 11.1. The van der Waals surface area contributed by atoms with Gasteiger partial charge in [-0.2, -0.15) is 4.68 Å². The second-order valence-corrected chi connectivity index (χ2v) is 7.02. The van der Waals surface area contributed by atoms with E-state index in [0.717, 1.165) is 11.6 Å². The Bertz CT molecular complexity index is 499. The van der Waals surface area contributed by atoms with Gasteiger partial charge in [0.1, 0.15) is 0 Å². The van der Waals surface area contributed by atoms with Crippen LogP contribution in [0, 0.1) is 10.2 Å². The number of para-hydroxylation sites is 1. The van der Waals surface area contributed by atoms with Crippen molar-refractivity contribution in [3.8, 4) is 0 Å². The van der Waals surface area contributed by atoms with Crippen molar-refractivity contribution in [2.45, 2.75) is 59.7 Å². The number of halogens is 1. The summed E-state index contributed by atoms with van der Waals surface area (Å²) >= 11 is 0. The van der Waals surface area contributed by atoms with Gasteiger partial charge in [0.15, 0.2) is 0 Å². The molecule has 9 heteroatoms. The third-order valence-electron chi connectivity index (χ3n) is 2.63. The van der Waals surface area contributed by atoms with E-state index in [4.69, 9.17) is 18.6 Å². The minimum absolute atomic E-state index is 0.322. The third-order valence-corrected chi connectivity index (χ3v) is 2.63. The Balaban J connectivity index is 0.00000101. The number of nitrogens with zero attached hydrogens (tertiary/aromatic N) is 1. The fraction of sp³-hybridized carbons (Fsp3) is 0.562. The molecule has 0 bridgehead atoms. The maximum atomic E-state index is 8.49. The molecule has 0 saturated heterocycles. The molecule has 1 rings (SSSR count). The van der Waals surface area contributed by atoms with Crippen molar-refractivity contribution >= 4 is 11.6 Å². The number of hydrogen-bond donors (Lipinski definition) is 3. The Morgan fingerprint density at radius 2 is 1.24 bits per heavy atom. The zero-order valence-electron chi connectivity index (χ0n) is 15.6. The number of hydrazine groups is 1. The Kier molecular flexibility index (Phi) is 10.4. The molecule has 0 spiro atoms. The zero-order valence-corrected chi connectivity index (χ0v) is 16.3. The van der Waals surface area contributed by atoms with Crippen LogP contribution in [-0.2, 0) is 0 Å². The minimum Gasteiger partial charge on any atom is -0.274 e. The van der Waals surface area contributed by atoms with E-state index in [-0.39, 0.29) is 0 Å². The van der Waals surface area contributed by atoms with Crippen LogP contribution in [0.2, 0.25) is 0 Å². The van der Waals surface area contributed by atoms with Crippen molar-refractivity contribution in [3.63, 3.8) is 0 Å². The maximum Gasteiger partial charge on any atom is 0.368 e. The van der Waals surface area contributed by atoms with Crippen LogP contribution in [0.1, 0.15) is 41.5 Å². The molecule has 0 unspecified atom stereocenters. The molecule has 0 fully saturated rings. The molecule has 0 aliphatic rings. The molecule has 0 aliphatic carbocycles. The fourth-order valence-electron chi connectivity index (χ4n) is 1.82. The highest BCUT2D eigenvalue weighted by Gasteiger charge is 2.18. The normalized spacial score (nSPS) is 11.1. The van der Waals surface area contributed by atoms with Gasteiger partial charge in [-0.3, -0.25) is 10.6 Å². The van der Waals surface area contributed by atoms with Gasteiger partial charge in [0, 0.05) is 0 Å². The topological polar surface area (TPSA) is 131 Å². The highest BCUT2D eigenvalue weighted by atomic mass is 35.7. The van der Waals surface area contributed by atoms with Crippen LogP contribution in [-0.4, -0.2) is 28.8 Å². The summed E-state index contributed by atoms with van der Waals surface area (Å²) in [5.74, 6) is 1.01. The van der Waals surface area contributed by atoms with Gasteiger partial charge in [-0.15, -0.1) is 10.2 Å². The van der Waals surface area contributed by atoms with Gasteiger partial charge in [-0.05, 0) is 53.7 Å². The van der Waals surface area contributed by atoms with Crippen LogP contribution in [0.4, 0.5) is 5.69 Å². The van der Waals surface area contributed by atoms with E-state index < -0.39 is 10.2 Å². The lowest BCUT2D eigenvalue weighted by Gasteiger charge is -2.21. The number of guanidine groups is 1. The molecule has 0 atom stereocenters. The lowest BCUT2D eigenvalue weighted by atomic mass is 10.3. The quantitative estimate of drug-likeness (QED) is 0.235. The molecule has 8 nitrogen and oxygen atoms in total. The average molecular weight is 377 g/mol. The smallest absolute Gasteiger partial charge is 0.274 e. The molecule has 144 valence electrons. The van der Waals surface area contributed by atoms with Crippen LogP contribution in [0.5, 0.6) is 0 Å². The Morgan fingerprint density at radius 1 is 0.840 bits per heavy atom. The van der Waals surface area contributed by atoms with E-state index in [1.807, 2.05) is 18.2 Å². The highest BCUT2D eigenvalue weighted by Crippen LogP contribution is 2.06. The largest absolute Gasteiger partial charge is 0.368 e. The first-order chi connectivity index (χ1) is 11.4. The van der Waals surface area contributed by atoms with Gasteiger partial charge in [-0.25, -0.2) is 24.1 Å². The summed E-state index contributed by atoms with van der Waals surface area (Å²) < 4.78 is 36.1. The molecular formula is C16H29ClN4O4. The second-order valence-electron chi connectivity index (χ2n) is 6.27. The Morgan fingerprint density at radius 3 is 1.56 bits per heavy atom. The Labute approximate surface area is 151 Å². The summed E-state index contributed by atoms with van der Waals surface area (Å²) in [5, 5.41) is 6.96. The summed E-state index contributed by atoms with van der Waals surface area (Å²) in [6.45, 7) is 12.9. The van der Waals surface area contributed by atoms with E-state index in [1.165, 1.54) is 0 Å². The minimum atomic E-state index is -4.94. The molecule has 1 aromatic rings. The third kappa shape index (κ3) is 13.4. The summed E-state index contributed by atoms with van der Waals surface area (Å²) in [4.78, 5) is 0. The summed E-state index contributed by atoms with van der Waals surface area (Å²) in [5.41, 5.74) is 4.54. The van der Waals surface area contributed by atoms with Crippen LogP contribution >= 0.6 is 0 Å². The number of anilines is 1. The van der Waals surface area contributed by atoms with E-state index in [9.17, 15) is 0 Å². The van der Waals surface area contributed by atoms with Crippen LogP contribution in [0.15, 0.2) is 30.3 Å². The molecule has 0 aliphatic heterocycles. The molecule has 3 N–H and O–H groups in total. The first-order valence-electron chi connectivity index (χ1n) is 8.02. The summed E-state index contributed by atoms with van der Waals surface area (Å²) in [7, 11) is -4.94. The number of nitrogens with one attached hydrogen (secondary N) is 3. The molecule has 0 heterocycles. The SMILES string of the molecule is CC(C)NC(NC(C)C)=[N+](Nc1ccccc1)C(C)C.[O-][Cl+3]([O-])([O-])[O-]. The van der Waals surface area contributed by atoms with Gasteiger partial charge < -0.3 is 0 Å². The molecule has 1 aromatic carbocycles. The first kappa shape index (κ1) is 23.4. The molecule has 0 radical (unpaired) electrons. The molecule has 0 saturated carbocycles. The Hall–Kier alpha value is -1.58. The first-order valence-corrected chi connectivity index (χ1v) is 9.26. The summed E-state index contributed by atoms with van der Waals surface area (Å²) in [6.07, 6.45) is 0. The number of hydrogen-bond acceptors (Lipinski definition) is 5. The van der Waals surface area contributed by atoms with E-state index in [2.05, 4.69) is 74.4 Å². The van der Waals surface area contributed by atoms with Crippen molar-refractivity contribution < 1.29 is 33.6 Å². The van der Waals surface area contributed by atoms with Gasteiger partial charge in [-0.1, -0.05) is 18.2 Å². The monoisotopic (exact) mass is 376 g/mol. The average Bonchev–Trinajstić information content (AvgIpc) is 2.42. The lowest BCUT2D eigenvalue weighted by molar-refractivity contribution is -2.00. The lowest BCUT2D eigenvalue weighted by Crippen LogP contribution is -2.68. The van der Waals surface area contributed by atoms with E-state index >= 15 is 0 Å². The van der Waals surface area contributed by atoms with Crippen LogP contribution < -0.4 is 34.7 Å². The number of hydrazone groups is 1. The highest BCUT2D eigenvalue weighted by molar-refractivity contribution is 5.75. The van der Waals surface area contributed by atoms with Gasteiger partial charge in [0.05, 0.1) is 23.8 Å². The number of benzene rings is 1. The van der Waals surface area contributed by atoms with Crippen molar-refractivity contribution in [1.82, 2.24) is 10.6 Å². The fourth-order valence-corrected chi connectivity index (χ4v) is 1.82. The molecular weight excluding hydrogens is 348 g/mol.